The predicted molar refractivity (Wildman–Crippen MR) is 85.6 cm³/mol. The molecule has 1 heterocycles. The molecule has 1 fully saturated rings. The number of nitrogens with zero attached hydrogens (tertiary/aromatic N) is 2. The number of allylic oxidation sites excluding steroid dienone is 2. The lowest BCUT2D eigenvalue weighted by Gasteiger charge is -2.25. The summed E-state index contributed by atoms with van der Waals surface area (Å²) in [6.45, 7) is 10.6. The third-order valence-electron chi connectivity index (χ3n) is 4.79. The molecule has 0 saturated heterocycles. The SMILES string of the molecule is CC(C)=CC1C(C(=O)N(C)C(C)c2cccnc2)C1(C)C. The van der Waals surface area contributed by atoms with Crippen LogP contribution < -0.4 is 0 Å². The van der Waals surface area contributed by atoms with Crippen molar-refractivity contribution >= 4 is 5.91 Å². The van der Waals surface area contributed by atoms with Crippen molar-refractivity contribution in [2.24, 2.45) is 17.3 Å². The molecule has 0 aromatic carbocycles. The van der Waals surface area contributed by atoms with Crippen molar-refractivity contribution in [2.45, 2.75) is 40.7 Å². The molecule has 3 atom stereocenters. The van der Waals surface area contributed by atoms with Crippen molar-refractivity contribution in [3.8, 4) is 0 Å². The minimum Gasteiger partial charge on any atom is -0.339 e. The highest BCUT2D eigenvalue weighted by atomic mass is 16.2. The second-order valence-corrected chi connectivity index (χ2v) is 6.98. The lowest BCUT2D eigenvalue weighted by Crippen LogP contribution is -2.32. The quantitative estimate of drug-likeness (QED) is 0.788. The average molecular weight is 286 g/mol. The van der Waals surface area contributed by atoms with Crippen LogP contribution in [0.15, 0.2) is 36.2 Å². The molecule has 2 rings (SSSR count). The van der Waals surface area contributed by atoms with E-state index >= 15 is 0 Å². The number of carbonyl (C=O) groups is 1. The van der Waals surface area contributed by atoms with Gasteiger partial charge in [0.15, 0.2) is 0 Å². The average Bonchev–Trinajstić information content (AvgIpc) is 2.97. The van der Waals surface area contributed by atoms with E-state index in [1.807, 2.05) is 30.3 Å². The zero-order valence-corrected chi connectivity index (χ0v) is 13.9. The zero-order chi connectivity index (χ0) is 15.8. The van der Waals surface area contributed by atoms with E-state index < -0.39 is 0 Å². The number of pyridine rings is 1. The molecule has 0 radical (unpaired) electrons. The highest BCUT2D eigenvalue weighted by molar-refractivity contribution is 5.84. The van der Waals surface area contributed by atoms with Gasteiger partial charge in [-0.2, -0.15) is 0 Å². The molecule has 1 amide bonds. The molecule has 0 N–H and O–H groups in total. The van der Waals surface area contributed by atoms with Gasteiger partial charge in [0.05, 0.1) is 12.0 Å². The molecule has 3 nitrogen and oxygen atoms in total. The monoisotopic (exact) mass is 286 g/mol. The summed E-state index contributed by atoms with van der Waals surface area (Å²) < 4.78 is 0. The molecule has 1 aliphatic carbocycles. The van der Waals surface area contributed by atoms with Gasteiger partial charge in [-0.15, -0.1) is 0 Å². The summed E-state index contributed by atoms with van der Waals surface area (Å²) in [5, 5.41) is 0. The van der Waals surface area contributed by atoms with Crippen LogP contribution in [-0.4, -0.2) is 22.8 Å². The van der Waals surface area contributed by atoms with Crippen LogP contribution in [0.25, 0.3) is 0 Å². The maximum atomic E-state index is 12.8. The van der Waals surface area contributed by atoms with E-state index in [4.69, 9.17) is 0 Å². The van der Waals surface area contributed by atoms with Gasteiger partial charge in [-0.05, 0) is 43.7 Å². The van der Waals surface area contributed by atoms with Crippen molar-refractivity contribution in [3.05, 3.63) is 41.7 Å². The smallest absolute Gasteiger partial charge is 0.227 e. The van der Waals surface area contributed by atoms with Crippen molar-refractivity contribution in [1.29, 1.82) is 0 Å². The Labute approximate surface area is 128 Å². The molecule has 21 heavy (non-hydrogen) atoms. The van der Waals surface area contributed by atoms with Crippen LogP contribution >= 0.6 is 0 Å². The first-order valence-corrected chi connectivity index (χ1v) is 7.58. The Balaban J connectivity index is 2.12. The second kappa shape index (κ2) is 5.63. The minimum absolute atomic E-state index is 0.0509. The lowest BCUT2D eigenvalue weighted by atomic mass is 10.1. The molecular weight excluding hydrogens is 260 g/mol. The summed E-state index contributed by atoms with van der Waals surface area (Å²) in [7, 11) is 1.90. The molecule has 0 spiro atoms. The van der Waals surface area contributed by atoms with E-state index in [9.17, 15) is 4.79 Å². The summed E-state index contributed by atoms with van der Waals surface area (Å²) in [5.74, 6) is 0.689. The Morgan fingerprint density at radius 1 is 1.43 bits per heavy atom. The topological polar surface area (TPSA) is 33.2 Å². The largest absolute Gasteiger partial charge is 0.339 e. The molecule has 1 aromatic heterocycles. The predicted octanol–water partition coefficient (Wildman–Crippen LogP) is 3.84. The van der Waals surface area contributed by atoms with Crippen LogP contribution in [-0.2, 0) is 4.79 Å². The Morgan fingerprint density at radius 3 is 2.62 bits per heavy atom. The number of carbonyl (C=O) groups excluding carboxylic acids is 1. The van der Waals surface area contributed by atoms with Gasteiger partial charge in [-0.3, -0.25) is 9.78 Å². The summed E-state index contributed by atoms with van der Waals surface area (Å²) in [6, 6.07) is 3.99. The minimum atomic E-state index is 0.0509. The fourth-order valence-electron chi connectivity index (χ4n) is 3.08. The highest BCUT2D eigenvalue weighted by Crippen LogP contribution is 2.60. The molecule has 114 valence electrons. The van der Waals surface area contributed by atoms with Gasteiger partial charge >= 0.3 is 0 Å². The second-order valence-electron chi connectivity index (χ2n) is 6.98. The molecule has 1 aliphatic rings. The number of amides is 1. The summed E-state index contributed by atoms with van der Waals surface area (Å²) in [5.41, 5.74) is 2.42. The lowest BCUT2D eigenvalue weighted by molar-refractivity contribution is -0.134. The van der Waals surface area contributed by atoms with Gasteiger partial charge in [0.25, 0.3) is 0 Å². The Morgan fingerprint density at radius 2 is 2.10 bits per heavy atom. The van der Waals surface area contributed by atoms with Crippen molar-refractivity contribution < 1.29 is 4.79 Å². The van der Waals surface area contributed by atoms with Crippen LogP contribution in [0.1, 0.15) is 46.2 Å². The molecule has 3 heteroatoms. The van der Waals surface area contributed by atoms with Gasteiger partial charge in [-0.25, -0.2) is 0 Å². The third-order valence-corrected chi connectivity index (χ3v) is 4.79. The van der Waals surface area contributed by atoms with Crippen molar-refractivity contribution in [1.82, 2.24) is 9.88 Å². The Bertz CT molecular complexity index is 544. The molecular formula is C18H26N2O. The third kappa shape index (κ3) is 3.02. The van der Waals surface area contributed by atoms with Crippen LogP contribution in [0.5, 0.6) is 0 Å². The molecule has 1 aromatic rings. The fraction of sp³-hybridized carbons (Fsp3) is 0.556. The standard InChI is InChI=1S/C18H26N2O/c1-12(2)10-15-16(18(15,4)5)17(21)20(6)13(3)14-8-7-9-19-11-14/h7-11,13,15-16H,1-6H3. The maximum absolute atomic E-state index is 12.8. The number of hydrogen-bond acceptors (Lipinski definition) is 2. The maximum Gasteiger partial charge on any atom is 0.227 e. The normalized spacial score (nSPS) is 24.1. The van der Waals surface area contributed by atoms with Gasteiger partial charge in [0.2, 0.25) is 5.91 Å². The van der Waals surface area contributed by atoms with E-state index in [-0.39, 0.29) is 23.3 Å². The van der Waals surface area contributed by atoms with Gasteiger partial charge < -0.3 is 4.90 Å². The summed E-state index contributed by atoms with van der Waals surface area (Å²) in [4.78, 5) is 18.8. The van der Waals surface area contributed by atoms with Crippen LogP contribution in [0, 0.1) is 17.3 Å². The van der Waals surface area contributed by atoms with Gasteiger partial charge in [0.1, 0.15) is 0 Å². The summed E-state index contributed by atoms with van der Waals surface area (Å²) >= 11 is 0. The zero-order valence-electron chi connectivity index (χ0n) is 13.9. The molecule has 0 bridgehead atoms. The van der Waals surface area contributed by atoms with E-state index in [1.165, 1.54) is 5.57 Å². The number of aromatic nitrogens is 1. The van der Waals surface area contributed by atoms with E-state index in [2.05, 4.69) is 45.7 Å². The van der Waals surface area contributed by atoms with Crippen LogP contribution in [0.3, 0.4) is 0 Å². The fourth-order valence-corrected chi connectivity index (χ4v) is 3.08. The first-order chi connectivity index (χ1) is 9.76. The highest BCUT2D eigenvalue weighted by Gasteiger charge is 2.61. The van der Waals surface area contributed by atoms with Crippen LogP contribution in [0.2, 0.25) is 0 Å². The molecule has 1 saturated carbocycles. The Hall–Kier alpha value is -1.64. The first-order valence-electron chi connectivity index (χ1n) is 7.58. The van der Waals surface area contributed by atoms with Gasteiger partial charge in [0, 0.05) is 19.4 Å². The van der Waals surface area contributed by atoms with Gasteiger partial charge in [-0.1, -0.05) is 31.6 Å². The van der Waals surface area contributed by atoms with Crippen LogP contribution in [0.4, 0.5) is 0 Å². The van der Waals surface area contributed by atoms with Crippen molar-refractivity contribution in [2.75, 3.05) is 7.05 Å². The Kier molecular flexibility index (Phi) is 4.22. The molecule has 0 aliphatic heterocycles. The summed E-state index contributed by atoms with van der Waals surface area (Å²) in [6.07, 6.45) is 5.83. The number of rotatable bonds is 4. The van der Waals surface area contributed by atoms with E-state index in [0.29, 0.717) is 5.92 Å². The molecule has 3 unspecified atom stereocenters. The van der Waals surface area contributed by atoms with E-state index in [0.717, 1.165) is 5.56 Å². The van der Waals surface area contributed by atoms with E-state index in [1.54, 1.807) is 6.20 Å². The number of hydrogen-bond donors (Lipinski definition) is 0. The van der Waals surface area contributed by atoms with Crippen molar-refractivity contribution in [3.63, 3.8) is 0 Å². The first kappa shape index (κ1) is 15.7.